The van der Waals surface area contributed by atoms with Gasteiger partial charge in [-0.1, -0.05) is 0 Å². The molecule has 0 rings (SSSR count). The van der Waals surface area contributed by atoms with Crippen molar-refractivity contribution in [2.75, 3.05) is 0 Å². The summed E-state index contributed by atoms with van der Waals surface area (Å²) in [4.78, 5) is 9.27. The molecule has 4 nitrogen and oxygen atoms in total. The molecule has 0 aliphatic rings. The fourth-order valence-corrected chi connectivity index (χ4v) is 0.0760. The second kappa shape index (κ2) is 6.32. The number of hydrogen-bond acceptors (Lipinski definition) is 4. The van der Waals surface area contributed by atoms with Gasteiger partial charge >= 0.3 is 0 Å². The molecule has 0 unspecified atom stereocenters. The van der Waals surface area contributed by atoms with E-state index in [9.17, 15) is 4.91 Å². The van der Waals surface area contributed by atoms with Gasteiger partial charge in [0.25, 0.3) is 6.04 Å². The molecule has 0 amide bonds. The van der Waals surface area contributed by atoms with Crippen molar-refractivity contribution in [1.82, 2.24) is 0 Å². The van der Waals surface area contributed by atoms with Crippen LogP contribution in [-0.2, 0) is 22.4 Å². The second-order valence-electron chi connectivity index (χ2n) is 0.766. The van der Waals surface area contributed by atoms with Crippen LogP contribution in [0.5, 0.6) is 0 Å². The van der Waals surface area contributed by atoms with Gasteiger partial charge in [0, 0.05) is 22.4 Å². The first-order chi connectivity index (χ1) is 3.35. The van der Waals surface area contributed by atoms with Gasteiger partial charge in [0.05, 0.1) is 0 Å². The molecule has 0 aliphatic heterocycles. The number of nitriles is 2. The van der Waals surface area contributed by atoms with Crippen molar-refractivity contribution in [2.24, 2.45) is 5.18 Å². The van der Waals surface area contributed by atoms with Gasteiger partial charge in [-0.05, 0) is 5.18 Å². The molecule has 0 atom stereocenters. The summed E-state index contributed by atoms with van der Waals surface area (Å²) in [5.74, 6) is 0. The van der Waals surface area contributed by atoms with Crippen molar-refractivity contribution in [3.63, 3.8) is 0 Å². The van der Waals surface area contributed by atoms with Crippen LogP contribution in [0.3, 0.4) is 0 Å². The first kappa shape index (κ1) is 10.3. The van der Waals surface area contributed by atoms with Gasteiger partial charge in [-0.2, -0.15) is 10.5 Å². The Hall–Kier alpha value is -0.680. The average molecular weight is 203 g/mol. The van der Waals surface area contributed by atoms with Crippen LogP contribution < -0.4 is 0 Å². The molecule has 5 heteroatoms. The van der Waals surface area contributed by atoms with E-state index in [1.807, 2.05) is 0 Å². The maximum Gasteiger partial charge on any atom is 0.262 e. The van der Waals surface area contributed by atoms with Gasteiger partial charge < -0.3 is 0 Å². The van der Waals surface area contributed by atoms with E-state index in [-0.39, 0.29) is 22.4 Å². The van der Waals surface area contributed by atoms with Gasteiger partial charge in [-0.15, -0.1) is 4.91 Å². The predicted octanol–water partition coefficient (Wildman–Crippen LogP) is 0.166. The first-order valence-electron chi connectivity index (χ1n) is 1.47. The van der Waals surface area contributed by atoms with Crippen molar-refractivity contribution < 1.29 is 22.4 Å². The monoisotopic (exact) mass is 202 g/mol. The van der Waals surface area contributed by atoms with Crippen LogP contribution in [-0.4, -0.2) is 6.04 Å². The van der Waals surface area contributed by atoms with Crippen LogP contribution in [0.25, 0.3) is 0 Å². The average Bonchev–Trinajstić information content (AvgIpc) is 1.72. The van der Waals surface area contributed by atoms with Gasteiger partial charge in [0.1, 0.15) is 12.1 Å². The second-order valence-corrected chi connectivity index (χ2v) is 0.766. The van der Waals surface area contributed by atoms with E-state index < -0.39 is 6.04 Å². The van der Waals surface area contributed by atoms with Gasteiger partial charge in [-0.25, -0.2) is 0 Å². The summed E-state index contributed by atoms with van der Waals surface area (Å²) in [7, 11) is 0. The molecule has 0 bridgehead atoms. The molecule has 0 aliphatic carbocycles. The Morgan fingerprint density at radius 1 is 1.38 bits per heavy atom. The molecular weight excluding hydrogens is 202 g/mol. The third-order valence-electron chi connectivity index (χ3n) is 0.350. The molecule has 8 heavy (non-hydrogen) atoms. The normalized spacial score (nSPS) is 5.88. The minimum atomic E-state index is -1.33. The van der Waals surface area contributed by atoms with Gasteiger partial charge in [0.15, 0.2) is 0 Å². The molecule has 0 aromatic heterocycles. The van der Waals surface area contributed by atoms with Crippen molar-refractivity contribution in [1.29, 1.82) is 10.5 Å². The summed E-state index contributed by atoms with van der Waals surface area (Å²) in [5, 5.41) is 17.7. The van der Waals surface area contributed by atoms with E-state index in [4.69, 9.17) is 10.5 Å². The number of rotatable bonds is 1. The van der Waals surface area contributed by atoms with Crippen molar-refractivity contribution in [3.05, 3.63) is 4.91 Å². The summed E-state index contributed by atoms with van der Waals surface area (Å²) >= 11 is 0. The van der Waals surface area contributed by atoms with E-state index in [2.05, 4.69) is 5.18 Å². The smallest absolute Gasteiger partial charge is 0.195 e. The summed E-state index contributed by atoms with van der Waals surface area (Å²) < 4.78 is 0. The van der Waals surface area contributed by atoms with Gasteiger partial charge in [-0.3, -0.25) is 0 Å². The zero-order valence-electron chi connectivity index (χ0n) is 3.63. The largest absolute Gasteiger partial charge is 0.262 e. The van der Waals surface area contributed by atoms with Crippen LogP contribution in [0.15, 0.2) is 5.18 Å². The van der Waals surface area contributed by atoms with Crippen LogP contribution in [0.4, 0.5) is 0 Å². The molecule has 0 aromatic rings. The number of nitrogens with zero attached hydrogens (tertiary/aromatic N) is 3. The van der Waals surface area contributed by atoms with Crippen molar-refractivity contribution in [2.45, 2.75) is 6.04 Å². The number of hydrogen-bond donors (Lipinski definition) is 0. The summed E-state index contributed by atoms with van der Waals surface area (Å²) in [6.07, 6.45) is 0. The van der Waals surface area contributed by atoms with Crippen LogP contribution >= 0.6 is 0 Å². The minimum absolute atomic E-state index is 0. The molecule has 0 spiro atoms. The maximum atomic E-state index is 9.27. The van der Waals surface area contributed by atoms with E-state index >= 15 is 0 Å². The van der Waals surface area contributed by atoms with Crippen LogP contribution in [0.2, 0.25) is 0 Å². The molecule has 0 saturated carbocycles. The summed E-state index contributed by atoms with van der Waals surface area (Å²) in [5.41, 5.74) is 0. The van der Waals surface area contributed by atoms with Crippen LogP contribution in [0, 0.1) is 27.6 Å². The van der Waals surface area contributed by atoms with E-state index in [1.165, 1.54) is 12.1 Å². The molecule has 0 heterocycles. The molecule has 0 saturated heterocycles. The zero-order valence-corrected chi connectivity index (χ0v) is 5.11. The Morgan fingerprint density at radius 2 is 1.75 bits per heavy atom. The van der Waals surface area contributed by atoms with E-state index in [1.54, 1.807) is 0 Å². The first-order valence-corrected chi connectivity index (χ1v) is 1.47. The molecule has 1 radical (unpaired) electrons. The van der Waals surface area contributed by atoms with Gasteiger partial charge in [0.2, 0.25) is 0 Å². The standard InChI is InChI=1S/C3HN3O.Ag/c4-1-3(2-5)6-7;/h3H;. The van der Waals surface area contributed by atoms with Crippen molar-refractivity contribution >= 4 is 0 Å². The predicted molar refractivity (Wildman–Crippen MR) is 20.8 cm³/mol. The Morgan fingerprint density at radius 3 is 1.75 bits per heavy atom. The Labute approximate surface area is 61.6 Å². The third-order valence-corrected chi connectivity index (χ3v) is 0.350. The Balaban J connectivity index is 0. The molecule has 0 fully saturated rings. The maximum absolute atomic E-state index is 9.27. The Kier molecular flexibility index (Phi) is 8.16. The zero-order chi connectivity index (χ0) is 5.70. The fraction of sp³-hybridized carbons (Fsp3) is 0.333. The summed E-state index contributed by atoms with van der Waals surface area (Å²) in [6, 6.07) is 1.39. The molecule has 0 aromatic carbocycles. The third kappa shape index (κ3) is 3.51. The van der Waals surface area contributed by atoms with E-state index in [0.717, 1.165) is 0 Å². The fourth-order valence-electron chi connectivity index (χ4n) is 0.0760. The molecule has 0 N–H and O–H groups in total. The van der Waals surface area contributed by atoms with E-state index in [0.29, 0.717) is 0 Å². The Bertz CT molecular complexity index is 130. The molecular formula is C3HAgN3O. The minimum Gasteiger partial charge on any atom is -0.195 e. The van der Waals surface area contributed by atoms with Crippen molar-refractivity contribution in [3.8, 4) is 12.1 Å². The van der Waals surface area contributed by atoms with Crippen LogP contribution in [0.1, 0.15) is 0 Å². The number of nitroso groups, excluding NO2 is 1. The molecule has 45 valence electrons. The SMILES string of the molecule is N#CC(C#N)N=O.[Ag]. The quantitative estimate of drug-likeness (QED) is 0.449. The summed E-state index contributed by atoms with van der Waals surface area (Å²) in [6.45, 7) is 0. The topological polar surface area (TPSA) is 77.0 Å².